The molecule has 0 aliphatic rings. The second-order valence-corrected chi connectivity index (χ2v) is 5.52. The third-order valence-electron chi connectivity index (χ3n) is 4.15. The maximum absolute atomic E-state index is 6.49. The van der Waals surface area contributed by atoms with Crippen LogP contribution in [0.2, 0.25) is 0 Å². The van der Waals surface area contributed by atoms with Crippen molar-refractivity contribution >= 4 is 0 Å². The van der Waals surface area contributed by atoms with Crippen LogP contribution in [0.4, 0.5) is 0 Å². The molecule has 2 N–H and O–H groups in total. The van der Waals surface area contributed by atoms with Crippen LogP contribution in [-0.2, 0) is 0 Å². The summed E-state index contributed by atoms with van der Waals surface area (Å²) in [5, 5.41) is 0. The Morgan fingerprint density at radius 2 is 1.42 bits per heavy atom. The molecule has 2 rings (SSSR count). The van der Waals surface area contributed by atoms with Gasteiger partial charge in [0, 0.05) is 5.56 Å². The van der Waals surface area contributed by atoms with Crippen LogP contribution in [0.3, 0.4) is 0 Å². The average molecular weight is 257 g/mol. The van der Waals surface area contributed by atoms with Crippen LogP contribution < -0.4 is 5.73 Å². The van der Waals surface area contributed by atoms with Crippen LogP contribution in [0.25, 0.3) is 0 Å². The van der Waals surface area contributed by atoms with Crippen molar-refractivity contribution in [3.05, 3.63) is 57.0 Å². The zero-order chi connectivity index (χ0) is 14.3. The molecule has 2 aromatic rings. The summed E-state index contributed by atoms with van der Waals surface area (Å²) in [6.45, 7) is 12.5. The van der Waals surface area contributed by atoms with Crippen molar-refractivity contribution in [2.45, 2.75) is 47.6 Å². The minimum Gasteiger partial charge on any atom is -0.466 e. The van der Waals surface area contributed by atoms with E-state index in [2.05, 4.69) is 39.8 Å². The van der Waals surface area contributed by atoms with Crippen molar-refractivity contribution in [2.24, 2.45) is 5.73 Å². The van der Waals surface area contributed by atoms with Gasteiger partial charge in [0.2, 0.25) is 0 Å². The predicted molar refractivity (Wildman–Crippen MR) is 79.6 cm³/mol. The Bertz CT molecular complexity index is 623. The van der Waals surface area contributed by atoms with Gasteiger partial charge in [-0.15, -0.1) is 0 Å². The summed E-state index contributed by atoms with van der Waals surface area (Å²) in [6.07, 6.45) is 0. The van der Waals surface area contributed by atoms with Crippen molar-refractivity contribution in [1.29, 1.82) is 0 Å². The van der Waals surface area contributed by atoms with Crippen molar-refractivity contribution in [1.82, 2.24) is 0 Å². The number of nitrogens with two attached hydrogens (primary N) is 1. The Balaban J connectivity index is 2.56. The molecule has 0 amide bonds. The molecular formula is C17H23NO. The molecule has 1 aromatic heterocycles. The number of furan rings is 1. The standard InChI is InChI=1S/C17H23NO/c1-9-7-11(3)15(8-10(9)2)17(18)16-12(4)13(5)19-14(16)6/h7-8,17H,18H2,1-6H3. The van der Waals surface area contributed by atoms with Crippen molar-refractivity contribution in [3.8, 4) is 0 Å². The molecule has 0 saturated carbocycles. The lowest BCUT2D eigenvalue weighted by atomic mass is 9.90. The van der Waals surface area contributed by atoms with E-state index in [4.69, 9.17) is 10.2 Å². The van der Waals surface area contributed by atoms with Crippen LogP contribution in [0, 0.1) is 41.5 Å². The molecule has 1 heterocycles. The van der Waals surface area contributed by atoms with E-state index >= 15 is 0 Å². The van der Waals surface area contributed by atoms with E-state index in [-0.39, 0.29) is 6.04 Å². The van der Waals surface area contributed by atoms with Crippen molar-refractivity contribution < 1.29 is 4.42 Å². The van der Waals surface area contributed by atoms with Gasteiger partial charge in [-0.2, -0.15) is 0 Å². The van der Waals surface area contributed by atoms with Crippen LogP contribution in [-0.4, -0.2) is 0 Å². The highest BCUT2D eigenvalue weighted by atomic mass is 16.3. The third kappa shape index (κ3) is 2.33. The topological polar surface area (TPSA) is 39.2 Å². The van der Waals surface area contributed by atoms with E-state index < -0.39 is 0 Å². The molecule has 2 heteroatoms. The van der Waals surface area contributed by atoms with Crippen LogP contribution in [0.1, 0.15) is 50.9 Å². The van der Waals surface area contributed by atoms with Gasteiger partial charge in [0.15, 0.2) is 0 Å². The highest BCUT2D eigenvalue weighted by Gasteiger charge is 2.21. The summed E-state index contributed by atoms with van der Waals surface area (Å²) in [5.41, 5.74) is 13.8. The zero-order valence-electron chi connectivity index (χ0n) is 12.7. The summed E-state index contributed by atoms with van der Waals surface area (Å²) in [5.74, 6) is 1.89. The Morgan fingerprint density at radius 1 is 0.842 bits per heavy atom. The van der Waals surface area contributed by atoms with Gasteiger partial charge >= 0.3 is 0 Å². The maximum atomic E-state index is 6.49. The molecule has 102 valence electrons. The molecule has 0 bridgehead atoms. The molecule has 0 radical (unpaired) electrons. The molecule has 0 fully saturated rings. The smallest absolute Gasteiger partial charge is 0.106 e. The number of rotatable bonds is 2. The first-order valence-corrected chi connectivity index (χ1v) is 6.72. The minimum absolute atomic E-state index is 0.114. The molecule has 19 heavy (non-hydrogen) atoms. The first kappa shape index (κ1) is 13.9. The zero-order valence-corrected chi connectivity index (χ0v) is 12.7. The van der Waals surface area contributed by atoms with Crippen LogP contribution >= 0.6 is 0 Å². The number of hydrogen-bond donors (Lipinski definition) is 1. The highest BCUT2D eigenvalue weighted by Crippen LogP contribution is 2.32. The molecular weight excluding hydrogens is 234 g/mol. The van der Waals surface area contributed by atoms with Crippen LogP contribution in [0.5, 0.6) is 0 Å². The quantitative estimate of drug-likeness (QED) is 0.876. The monoisotopic (exact) mass is 257 g/mol. The highest BCUT2D eigenvalue weighted by molar-refractivity contribution is 5.45. The summed E-state index contributed by atoms with van der Waals surface area (Å²) < 4.78 is 5.70. The van der Waals surface area contributed by atoms with E-state index in [0.29, 0.717) is 0 Å². The molecule has 2 nitrogen and oxygen atoms in total. The molecule has 1 atom stereocenters. The normalized spacial score (nSPS) is 12.8. The number of aryl methyl sites for hydroxylation is 5. The van der Waals surface area contributed by atoms with E-state index in [1.807, 2.05) is 13.8 Å². The Kier molecular flexibility index (Phi) is 3.55. The van der Waals surface area contributed by atoms with Gasteiger partial charge in [-0.05, 0) is 69.4 Å². The molecule has 0 aliphatic carbocycles. The van der Waals surface area contributed by atoms with Crippen molar-refractivity contribution in [2.75, 3.05) is 0 Å². The largest absolute Gasteiger partial charge is 0.466 e. The van der Waals surface area contributed by atoms with Crippen LogP contribution in [0.15, 0.2) is 16.5 Å². The second kappa shape index (κ2) is 4.86. The lowest BCUT2D eigenvalue weighted by molar-refractivity contribution is 0.498. The van der Waals surface area contributed by atoms with Gasteiger partial charge in [0.05, 0.1) is 6.04 Å². The summed E-state index contributed by atoms with van der Waals surface area (Å²) >= 11 is 0. The van der Waals surface area contributed by atoms with Gasteiger partial charge < -0.3 is 10.2 Å². The van der Waals surface area contributed by atoms with Gasteiger partial charge in [0.25, 0.3) is 0 Å². The fourth-order valence-electron chi connectivity index (χ4n) is 2.74. The first-order chi connectivity index (χ1) is 8.82. The summed E-state index contributed by atoms with van der Waals surface area (Å²) in [7, 11) is 0. The second-order valence-electron chi connectivity index (χ2n) is 5.52. The van der Waals surface area contributed by atoms with E-state index in [9.17, 15) is 0 Å². The average Bonchev–Trinajstić information content (AvgIpc) is 2.57. The lowest BCUT2D eigenvalue weighted by Gasteiger charge is -2.17. The molecule has 1 aromatic carbocycles. The SMILES string of the molecule is Cc1cc(C)c(C(N)c2c(C)oc(C)c2C)cc1C. The molecule has 0 saturated heterocycles. The Labute approximate surface area is 115 Å². The molecule has 1 unspecified atom stereocenters. The molecule has 0 spiro atoms. The Hall–Kier alpha value is -1.54. The van der Waals surface area contributed by atoms with Gasteiger partial charge in [-0.3, -0.25) is 0 Å². The maximum Gasteiger partial charge on any atom is 0.106 e. The lowest BCUT2D eigenvalue weighted by Crippen LogP contribution is -2.15. The van der Waals surface area contributed by atoms with Gasteiger partial charge in [0.1, 0.15) is 11.5 Å². The van der Waals surface area contributed by atoms with Crippen molar-refractivity contribution in [3.63, 3.8) is 0 Å². The third-order valence-corrected chi connectivity index (χ3v) is 4.15. The first-order valence-electron chi connectivity index (χ1n) is 6.72. The van der Waals surface area contributed by atoms with Gasteiger partial charge in [-0.25, -0.2) is 0 Å². The summed E-state index contributed by atoms with van der Waals surface area (Å²) in [4.78, 5) is 0. The fourth-order valence-corrected chi connectivity index (χ4v) is 2.74. The number of benzene rings is 1. The fraction of sp³-hybridized carbons (Fsp3) is 0.412. The number of hydrogen-bond acceptors (Lipinski definition) is 2. The Morgan fingerprint density at radius 3 is 1.95 bits per heavy atom. The van der Waals surface area contributed by atoms with E-state index in [1.165, 1.54) is 27.8 Å². The van der Waals surface area contributed by atoms with E-state index in [0.717, 1.165) is 17.1 Å². The molecule has 0 aliphatic heterocycles. The predicted octanol–water partition coefficient (Wildman–Crippen LogP) is 4.18. The van der Waals surface area contributed by atoms with Gasteiger partial charge in [-0.1, -0.05) is 12.1 Å². The summed E-state index contributed by atoms with van der Waals surface area (Å²) in [6, 6.07) is 4.30. The van der Waals surface area contributed by atoms with E-state index in [1.54, 1.807) is 0 Å². The minimum atomic E-state index is -0.114.